The smallest absolute Gasteiger partial charge is 0.241 e. The van der Waals surface area contributed by atoms with Gasteiger partial charge in [-0.15, -0.1) is 34.2 Å². The van der Waals surface area contributed by atoms with Crippen molar-refractivity contribution in [3.63, 3.8) is 0 Å². The second-order valence-electron chi connectivity index (χ2n) is 7.07. The maximum Gasteiger partial charge on any atom is 0.241 e. The van der Waals surface area contributed by atoms with Gasteiger partial charge in [0, 0.05) is 47.0 Å². The van der Waals surface area contributed by atoms with Crippen LogP contribution in [0.4, 0.5) is 5.69 Å². The van der Waals surface area contributed by atoms with E-state index in [1.165, 1.54) is 5.69 Å². The van der Waals surface area contributed by atoms with E-state index >= 15 is 0 Å². The summed E-state index contributed by atoms with van der Waals surface area (Å²) in [6.45, 7) is 4.10. The standard InChI is InChI=1S/C20H32N8O.HI/c1-16-24-25-18(28(16)5)14-22-20(23-15-19(29)26(2)3)21-12-9-13-27(4)17-10-7-6-8-11-17;/h6-8,10-11H,9,12-15H2,1-5H3,(H2,21,22,23);1H. The minimum Gasteiger partial charge on any atom is -0.375 e. The number of nitrogens with one attached hydrogen (secondary N) is 2. The van der Waals surface area contributed by atoms with E-state index in [1.807, 2.05) is 36.7 Å². The average molecular weight is 528 g/mol. The molecule has 1 aromatic heterocycles. The number of hydrogen-bond donors (Lipinski definition) is 2. The van der Waals surface area contributed by atoms with Gasteiger partial charge in [-0.05, 0) is 25.5 Å². The third-order valence-electron chi connectivity index (χ3n) is 4.63. The zero-order valence-electron chi connectivity index (χ0n) is 18.4. The van der Waals surface area contributed by atoms with Crippen LogP contribution in [-0.2, 0) is 18.4 Å². The van der Waals surface area contributed by atoms with Crippen molar-refractivity contribution in [3.05, 3.63) is 42.0 Å². The lowest BCUT2D eigenvalue weighted by atomic mass is 10.3. The number of anilines is 1. The zero-order chi connectivity index (χ0) is 21.2. The SMILES string of the molecule is Cc1nnc(CN=C(NCCCN(C)c2ccccc2)NCC(=O)N(C)C)n1C.I. The van der Waals surface area contributed by atoms with E-state index in [-0.39, 0.29) is 36.4 Å². The summed E-state index contributed by atoms with van der Waals surface area (Å²) >= 11 is 0. The molecule has 0 saturated heterocycles. The number of hydrogen-bond acceptors (Lipinski definition) is 5. The van der Waals surface area contributed by atoms with Crippen molar-refractivity contribution in [2.45, 2.75) is 19.9 Å². The number of carbonyl (C=O) groups excluding carboxylic acids is 1. The number of amides is 1. The van der Waals surface area contributed by atoms with E-state index in [0.29, 0.717) is 12.5 Å². The molecule has 30 heavy (non-hydrogen) atoms. The number of likely N-dealkylation sites (N-methyl/N-ethyl adjacent to an activating group) is 1. The molecule has 0 unspecified atom stereocenters. The fraction of sp³-hybridized carbons (Fsp3) is 0.500. The second-order valence-corrected chi connectivity index (χ2v) is 7.07. The first-order chi connectivity index (χ1) is 13.9. The third kappa shape index (κ3) is 8.17. The van der Waals surface area contributed by atoms with Crippen LogP contribution >= 0.6 is 24.0 Å². The molecule has 0 fully saturated rings. The Morgan fingerprint density at radius 2 is 1.83 bits per heavy atom. The van der Waals surface area contributed by atoms with Gasteiger partial charge in [-0.1, -0.05) is 18.2 Å². The number of aryl methyl sites for hydroxylation is 1. The van der Waals surface area contributed by atoms with Crippen LogP contribution in [-0.4, -0.2) is 72.3 Å². The van der Waals surface area contributed by atoms with E-state index < -0.39 is 0 Å². The Morgan fingerprint density at radius 1 is 1.13 bits per heavy atom. The van der Waals surface area contributed by atoms with Gasteiger partial charge in [-0.2, -0.15) is 0 Å². The number of aliphatic imine (C=N–C) groups is 1. The molecule has 2 aromatic rings. The summed E-state index contributed by atoms with van der Waals surface area (Å²) in [6, 6.07) is 10.3. The minimum absolute atomic E-state index is 0. The van der Waals surface area contributed by atoms with Gasteiger partial charge in [-0.3, -0.25) is 4.79 Å². The van der Waals surface area contributed by atoms with E-state index in [0.717, 1.165) is 31.2 Å². The Hall–Kier alpha value is -2.37. The van der Waals surface area contributed by atoms with Crippen molar-refractivity contribution in [1.82, 2.24) is 30.3 Å². The molecule has 0 spiro atoms. The highest BCUT2D eigenvalue weighted by Gasteiger charge is 2.08. The predicted molar refractivity (Wildman–Crippen MR) is 131 cm³/mol. The fourth-order valence-electron chi connectivity index (χ4n) is 2.56. The quantitative estimate of drug-likeness (QED) is 0.221. The summed E-state index contributed by atoms with van der Waals surface area (Å²) in [5, 5.41) is 14.6. The van der Waals surface area contributed by atoms with Crippen LogP contribution in [0.2, 0.25) is 0 Å². The van der Waals surface area contributed by atoms with Crippen LogP contribution in [0.3, 0.4) is 0 Å². The van der Waals surface area contributed by atoms with Crippen LogP contribution in [0, 0.1) is 6.92 Å². The second kappa shape index (κ2) is 13.0. The Balaban J connectivity index is 0.00000450. The van der Waals surface area contributed by atoms with Gasteiger partial charge in [0.15, 0.2) is 11.8 Å². The highest BCUT2D eigenvalue weighted by atomic mass is 127. The van der Waals surface area contributed by atoms with Crippen molar-refractivity contribution in [1.29, 1.82) is 0 Å². The fourth-order valence-corrected chi connectivity index (χ4v) is 2.56. The maximum absolute atomic E-state index is 11.9. The lowest BCUT2D eigenvalue weighted by molar-refractivity contribution is -0.127. The molecule has 1 heterocycles. The van der Waals surface area contributed by atoms with Crippen LogP contribution in [0.1, 0.15) is 18.1 Å². The lowest BCUT2D eigenvalue weighted by Crippen LogP contribution is -2.43. The number of nitrogens with zero attached hydrogens (tertiary/aromatic N) is 6. The Bertz CT molecular complexity index is 806. The van der Waals surface area contributed by atoms with Gasteiger partial charge in [-0.25, -0.2) is 4.99 Å². The molecule has 2 rings (SSSR count). The highest BCUT2D eigenvalue weighted by molar-refractivity contribution is 14.0. The molecule has 0 aliphatic rings. The van der Waals surface area contributed by atoms with Crippen molar-refractivity contribution in [2.75, 3.05) is 45.7 Å². The third-order valence-corrected chi connectivity index (χ3v) is 4.63. The summed E-state index contributed by atoms with van der Waals surface area (Å²) in [6.07, 6.45) is 0.927. The van der Waals surface area contributed by atoms with E-state index in [1.54, 1.807) is 19.0 Å². The number of guanidine groups is 1. The number of para-hydroxylation sites is 1. The van der Waals surface area contributed by atoms with Gasteiger partial charge in [0.25, 0.3) is 0 Å². The van der Waals surface area contributed by atoms with Gasteiger partial charge in [0.05, 0.1) is 6.54 Å². The van der Waals surface area contributed by atoms with Gasteiger partial charge >= 0.3 is 0 Å². The molecule has 0 aliphatic carbocycles. The summed E-state index contributed by atoms with van der Waals surface area (Å²) in [5.41, 5.74) is 1.19. The van der Waals surface area contributed by atoms with Crippen LogP contribution in [0.15, 0.2) is 35.3 Å². The zero-order valence-corrected chi connectivity index (χ0v) is 20.8. The Morgan fingerprint density at radius 3 is 2.43 bits per heavy atom. The van der Waals surface area contributed by atoms with Crippen molar-refractivity contribution < 1.29 is 4.79 Å². The number of rotatable bonds is 9. The average Bonchev–Trinajstić information content (AvgIpc) is 3.04. The largest absolute Gasteiger partial charge is 0.375 e. The first-order valence-electron chi connectivity index (χ1n) is 9.72. The first kappa shape index (κ1) is 25.7. The highest BCUT2D eigenvalue weighted by Crippen LogP contribution is 2.10. The Labute approximate surface area is 196 Å². The van der Waals surface area contributed by atoms with Crippen LogP contribution < -0.4 is 15.5 Å². The number of aromatic nitrogens is 3. The van der Waals surface area contributed by atoms with Gasteiger partial charge in [0.1, 0.15) is 12.4 Å². The summed E-state index contributed by atoms with van der Waals surface area (Å²) in [4.78, 5) is 20.2. The molecule has 0 bridgehead atoms. The predicted octanol–water partition coefficient (Wildman–Crippen LogP) is 1.39. The molecule has 0 radical (unpaired) electrons. The maximum atomic E-state index is 11.9. The van der Waals surface area contributed by atoms with E-state index in [4.69, 9.17) is 0 Å². The molecule has 0 aliphatic heterocycles. The van der Waals surface area contributed by atoms with Crippen LogP contribution in [0.5, 0.6) is 0 Å². The molecule has 166 valence electrons. The molecule has 0 atom stereocenters. The van der Waals surface area contributed by atoms with E-state index in [2.05, 4.69) is 49.9 Å². The molecular weight excluding hydrogens is 495 g/mol. The van der Waals surface area contributed by atoms with Gasteiger partial charge < -0.3 is 25.0 Å². The lowest BCUT2D eigenvalue weighted by Gasteiger charge is -2.20. The normalized spacial score (nSPS) is 10.9. The monoisotopic (exact) mass is 528 g/mol. The van der Waals surface area contributed by atoms with Crippen LogP contribution in [0.25, 0.3) is 0 Å². The van der Waals surface area contributed by atoms with Gasteiger partial charge in [0.2, 0.25) is 5.91 Å². The first-order valence-corrected chi connectivity index (χ1v) is 9.72. The van der Waals surface area contributed by atoms with Crippen molar-refractivity contribution in [3.8, 4) is 0 Å². The summed E-state index contributed by atoms with van der Waals surface area (Å²) < 4.78 is 1.90. The van der Waals surface area contributed by atoms with Crippen molar-refractivity contribution in [2.24, 2.45) is 12.0 Å². The van der Waals surface area contributed by atoms with Crippen molar-refractivity contribution >= 4 is 41.5 Å². The molecule has 1 aromatic carbocycles. The molecular formula is C20H33IN8O. The molecule has 2 N–H and O–H groups in total. The number of benzene rings is 1. The number of halogens is 1. The topological polar surface area (TPSA) is 90.7 Å². The number of carbonyl (C=O) groups is 1. The molecule has 10 heteroatoms. The van der Waals surface area contributed by atoms with E-state index in [9.17, 15) is 4.79 Å². The molecule has 1 amide bonds. The minimum atomic E-state index is -0.0159. The Kier molecular flexibility index (Phi) is 11.2. The molecule has 0 saturated carbocycles. The summed E-state index contributed by atoms with van der Waals surface area (Å²) in [5.74, 6) is 2.18. The molecule has 9 nitrogen and oxygen atoms in total. The summed E-state index contributed by atoms with van der Waals surface area (Å²) in [7, 11) is 7.45.